The molecule has 114 heavy (non-hydrogen) atoms. The second kappa shape index (κ2) is 44.6. The van der Waals surface area contributed by atoms with Crippen LogP contribution in [0.2, 0.25) is 6.04 Å². The minimum absolute atomic E-state index is 0.0790. The van der Waals surface area contributed by atoms with Gasteiger partial charge in [0.15, 0.2) is 44.0 Å². The zero-order valence-electron chi connectivity index (χ0n) is 62.7. The van der Waals surface area contributed by atoms with E-state index in [-0.39, 0.29) is 52.1 Å². The monoisotopic (exact) mass is 1680 g/mol. The molecule has 20 N–H and O–H groups in total. The van der Waals surface area contributed by atoms with Crippen LogP contribution in [0, 0.1) is 0 Å². The number of aliphatic hydroxyl groups is 20. The molecular formula is C65H112N6O42Si. The van der Waals surface area contributed by atoms with Gasteiger partial charge in [0, 0.05) is 25.9 Å². The largest absolute Gasteiger partial charge is 0.500 e. The van der Waals surface area contributed by atoms with E-state index in [0.29, 0.717) is 52.1 Å². The molecule has 658 valence electrons. The zero-order valence-corrected chi connectivity index (χ0v) is 63.7. The van der Waals surface area contributed by atoms with Crippen LogP contribution in [0.5, 0.6) is 0 Å². The van der Waals surface area contributed by atoms with Gasteiger partial charge in [-0.15, -0.1) is 10.2 Å². The van der Waals surface area contributed by atoms with Crippen molar-refractivity contribution in [3.63, 3.8) is 0 Å². The highest BCUT2D eigenvalue weighted by Gasteiger charge is 2.60. The quantitative estimate of drug-likeness (QED) is 0.0228. The maximum atomic E-state index is 12.1. The molecule has 21 aliphatic rings. The lowest BCUT2D eigenvalue weighted by Crippen LogP contribution is -2.68. The fraction of sp³-hybridized carbons (Fsp3) is 0.938. The lowest BCUT2D eigenvalue weighted by atomic mass is 9.95. The van der Waals surface area contributed by atoms with Gasteiger partial charge in [0.1, 0.15) is 183 Å². The van der Waals surface area contributed by atoms with E-state index in [0.717, 1.165) is 12.1 Å². The van der Waals surface area contributed by atoms with Crippen molar-refractivity contribution in [2.45, 2.75) is 274 Å². The molecule has 21 saturated heterocycles. The molecule has 1 unspecified atom stereocenters. The van der Waals surface area contributed by atoms with Crippen molar-refractivity contribution in [3.8, 4) is 0 Å². The Morgan fingerprint density at radius 3 is 0.868 bits per heavy atom. The highest BCUT2D eigenvalue weighted by Crippen LogP contribution is 2.40. The van der Waals surface area contributed by atoms with E-state index in [1.807, 2.05) is 27.0 Å². The summed E-state index contributed by atoms with van der Waals surface area (Å²) in [5.74, 6) is 0. The molecule has 49 heteroatoms. The highest BCUT2D eigenvalue weighted by molar-refractivity contribution is 6.60. The van der Waals surface area contributed by atoms with Gasteiger partial charge in [-0.25, -0.2) is 9.36 Å². The Kier molecular flexibility index (Phi) is 36.4. The minimum atomic E-state index is -2.76. The minimum Gasteiger partial charge on any atom is -0.394 e. The molecule has 14 bridgehead atoms. The van der Waals surface area contributed by atoms with E-state index < -0.39 is 270 Å². The van der Waals surface area contributed by atoms with Crippen molar-refractivity contribution in [2.75, 3.05) is 112 Å². The first-order valence-electron chi connectivity index (χ1n) is 37.8. The van der Waals surface area contributed by atoms with E-state index >= 15 is 0 Å². The number of ether oxygens (including phenoxy) is 19. The summed E-state index contributed by atoms with van der Waals surface area (Å²) in [5.41, 5.74) is 1.04. The molecule has 0 saturated carbocycles. The number of hydrogen-bond acceptors (Lipinski definition) is 46. The average molecular weight is 1680 g/mol. The molecule has 35 atom stereocenters. The molecule has 2 aromatic rings. The summed E-state index contributed by atoms with van der Waals surface area (Å²) in [7, 11) is -2.76. The fourth-order valence-electron chi connectivity index (χ4n) is 14.2. The summed E-state index contributed by atoms with van der Waals surface area (Å²) in [6, 6.07) is 0.661. The molecule has 2 aromatic heterocycles. The number of rotatable bonds is 34. The summed E-state index contributed by atoms with van der Waals surface area (Å²) in [6.45, 7) is 2.28. The molecule has 48 nitrogen and oxygen atoms in total. The van der Waals surface area contributed by atoms with Crippen molar-refractivity contribution >= 4 is 8.80 Å². The lowest BCUT2D eigenvalue weighted by Gasteiger charge is -2.50. The zero-order chi connectivity index (χ0) is 82.1. The third-order valence-corrected chi connectivity index (χ3v) is 23.3. The van der Waals surface area contributed by atoms with Crippen LogP contribution in [0.4, 0.5) is 0 Å². The number of aryl methyl sites for hydroxylation is 1. The molecule has 23 rings (SSSR count). The first-order valence-corrected chi connectivity index (χ1v) is 39.8. The Labute approximate surface area is 652 Å². The van der Waals surface area contributed by atoms with Gasteiger partial charge in [0.05, 0.1) is 124 Å². The third-order valence-electron chi connectivity index (χ3n) is 20.1. The standard InChI is InChI=1S/C65H112N6O42Si/c1-4-97-114(98-5-2,99-6-3)17-7-8-29-18-71(69-66-29)28-96-16-14-94-12-10-92-9-11-93-13-15-95-27-30-19-70(68-67-30)20-31-52-38(78)45(85)59(100-31)108-53-32(21-72)102-61(47(87)40(53)80)110-55-34(23-74)104-63(49(89)42(55)82)112-57-36(25-76)106-65(51(91)44(57)84)113-58-37(26-77)105-64(50(90)43(58)83)111-56-35(24-75)103-62(48(88)41(56)81)109-54-33(22-73)101-60(107-52)46(86)39(54)79/h18-19,31-65,72-91H,4-17,20-28H2,1-3H3/t31-,32-,33-,34-,35-,36-,37-,38-,39-,40-,41-,42-,43-,44-,45-,46?,47-,48-,49-,50-,51-,52-,53-,54-,55-,56-,57-,58-,59-,60-,61-,62-,63-,64-,65-/m1/s1. The van der Waals surface area contributed by atoms with Crippen molar-refractivity contribution in [3.05, 3.63) is 23.8 Å². The Bertz CT molecular complexity index is 3030. The predicted molar refractivity (Wildman–Crippen MR) is 363 cm³/mol. The van der Waals surface area contributed by atoms with Gasteiger partial charge in [0.2, 0.25) is 0 Å². The van der Waals surface area contributed by atoms with Gasteiger partial charge < -0.3 is 205 Å². The molecule has 0 spiro atoms. The van der Waals surface area contributed by atoms with E-state index in [1.165, 1.54) is 10.9 Å². The van der Waals surface area contributed by atoms with Gasteiger partial charge in [-0.05, 0) is 33.6 Å². The molecule has 0 aromatic carbocycles. The summed E-state index contributed by atoms with van der Waals surface area (Å²) in [4.78, 5) is 0. The second-order valence-electron chi connectivity index (χ2n) is 27.9. The van der Waals surface area contributed by atoms with Crippen LogP contribution in [0.1, 0.15) is 38.6 Å². The van der Waals surface area contributed by atoms with Crippen LogP contribution in [0.3, 0.4) is 0 Å². The Morgan fingerprint density at radius 1 is 0.316 bits per heavy atom. The SMILES string of the molecule is CCO[Si](CCCc1cn(COCCOCCOCCOCCOCc2cn(C[C@H]3O[C@@H]4O[C@H]5[C@H](O)[C@@H](O)[C@@H](O[C@H]6[C@H](O)[C@@H](O)[C@@H](O[C@H]7[C@H](O)[C@@H](O)[C@@H](O[C@H]8[C@H](O)[C@@H](O)[C@@H](O[C@H]9[C@H](O)[C@@H](O)[C@@H](O[C@H]%10[C@H](O)C(O)[C@@H](O[C@H]3[C@H](O)[C@H]4O)O[C@@H]%10CO)O[C@@H]9CO)O[C@@H]8CO)O[C@@H]7CO)O[C@@H]6CO)O[C@@H]5CO)nn2)nn1)(OCC)OCC. The van der Waals surface area contributed by atoms with Crippen LogP contribution in [-0.4, -0.2) is 468 Å². The van der Waals surface area contributed by atoms with Crippen LogP contribution in [-0.2, 0) is 130 Å². The lowest BCUT2D eigenvalue weighted by molar-refractivity contribution is -0.396. The molecule has 21 aliphatic heterocycles. The molecule has 0 amide bonds. The molecule has 21 fully saturated rings. The predicted octanol–water partition coefficient (Wildman–Crippen LogP) is -13.1. The first-order chi connectivity index (χ1) is 54.9. The summed E-state index contributed by atoms with van der Waals surface area (Å²) < 4.78 is 131. The Balaban J connectivity index is 0.772. The maximum absolute atomic E-state index is 12.1. The Hall–Kier alpha value is -3.18. The molecular weight excluding hydrogens is 1560 g/mol. The van der Waals surface area contributed by atoms with Gasteiger partial charge in [-0.2, -0.15) is 0 Å². The number of aliphatic hydroxyl groups excluding tert-OH is 20. The highest BCUT2D eigenvalue weighted by atomic mass is 28.4. The van der Waals surface area contributed by atoms with Gasteiger partial charge in [0.25, 0.3) is 0 Å². The second-order valence-corrected chi connectivity index (χ2v) is 30.6. The summed E-state index contributed by atoms with van der Waals surface area (Å²) >= 11 is 0. The Morgan fingerprint density at radius 2 is 0.570 bits per heavy atom. The molecule has 0 radical (unpaired) electrons. The summed E-state index contributed by atoms with van der Waals surface area (Å²) in [6.07, 6.45) is -66.7. The normalized spacial score (nSPS) is 41.4. The number of aromatic nitrogens is 6. The average Bonchev–Trinajstić information content (AvgIpc) is 0.849. The van der Waals surface area contributed by atoms with Gasteiger partial charge >= 0.3 is 8.80 Å². The smallest absolute Gasteiger partial charge is 0.394 e. The van der Waals surface area contributed by atoms with E-state index in [2.05, 4.69) is 20.6 Å². The van der Waals surface area contributed by atoms with Crippen molar-refractivity contribution in [2.24, 2.45) is 0 Å². The van der Waals surface area contributed by atoms with Crippen LogP contribution in [0.25, 0.3) is 0 Å². The third kappa shape index (κ3) is 22.7. The van der Waals surface area contributed by atoms with Crippen molar-refractivity contribution in [1.29, 1.82) is 0 Å². The van der Waals surface area contributed by atoms with Crippen molar-refractivity contribution in [1.82, 2.24) is 30.0 Å². The van der Waals surface area contributed by atoms with Gasteiger partial charge in [-0.1, -0.05) is 10.4 Å². The number of nitrogens with zero attached hydrogens (tertiary/aromatic N) is 6. The van der Waals surface area contributed by atoms with Crippen LogP contribution >= 0.6 is 0 Å². The number of hydrogen-bond donors (Lipinski definition) is 20. The fourth-order valence-corrected chi connectivity index (χ4v) is 16.8. The summed E-state index contributed by atoms with van der Waals surface area (Å²) in [5, 5.41) is 243. The molecule has 0 aliphatic carbocycles. The van der Waals surface area contributed by atoms with Gasteiger partial charge in [-0.3, -0.25) is 0 Å². The topological polar surface area (TPSA) is 669 Å². The van der Waals surface area contributed by atoms with E-state index in [1.54, 1.807) is 4.68 Å². The van der Waals surface area contributed by atoms with Crippen molar-refractivity contribution < 1.29 is 205 Å². The van der Waals surface area contributed by atoms with Crippen LogP contribution < -0.4 is 0 Å². The molecule has 23 heterocycles. The van der Waals surface area contributed by atoms with E-state index in [4.69, 9.17) is 103 Å². The first kappa shape index (κ1) is 93.1. The van der Waals surface area contributed by atoms with Crippen LogP contribution in [0.15, 0.2) is 12.4 Å². The van der Waals surface area contributed by atoms with E-state index in [9.17, 15) is 102 Å². The maximum Gasteiger partial charge on any atom is 0.500 e.